The Kier molecular flexibility index (Phi) is 3.94. The van der Waals surface area contributed by atoms with Crippen LogP contribution in [0.4, 0.5) is 0 Å². The summed E-state index contributed by atoms with van der Waals surface area (Å²) in [5.41, 5.74) is 3.19. The monoisotopic (exact) mass is 231 g/mol. The first-order chi connectivity index (χ1) is 8.29. The van der Waals surface area contributed by atoms with Crippen LogP contribution < -0.4 is 0 Å². The van der Waals surface area contributed by atoms with E-state index < -0.39 is 0 Å². The number of unbranched alkanes of at least 4 members (excludes halogenated alkanes) is 1. The molecule has 0 atom stereocenters. The van der Waals surface area contributed by atoms with Gasteiger partial charge in [0.1, 0.15) is 11.5 Å². The fraction of sp³-hybridized carbons (Fsp3) is 0.357. The molecule has 2 rings (SSSR count). The van der Waals surface area contributed by atoms with E-state index in [4.69, 9.17) is 9.63 Å². The Balaban J connectivity index is 2.04. The first-order valence-corrected chi connectivity index (χ1v) is 5.93. The van der Waals surface area contributed by atoms with E-state index in [1.807, 2.05) is 18.2 Å². The highest BCUT2D eigenvalue weighted by molar-refractivity contribution is 5.59. The summed E-state index contributed by atoms with van der Waals surface area (Å²) in [7, 11) is 0. The van der Waals surface area contributed by atoms with Gasteiger partial charge in [0, 0.05) is 24.7 Å². The fourth-order valence-electron chi connectivity index (χ4n) is 1.70. The van der Waals surface area contributed by atoms with Gasteiger partial charge < -0.3 is 9.63 Å². The van der Waals surface area contributed by atoms with Crippen molar-refractivity contribution in [3.05, 3.63) is 41.7 Å². The first kappa shape index (κ1) is 11.9. The van der Waals surface area contributed by atoms with E-state index in [0.29, 0.717) is 0 Å². The summed E-state index contributed by atoms with van der Waals surface area (Å²) in [6.07, 6.45) is 2.57. The zero-order valence-corrected chi connectivity index (χ0v) is 10.0. The lowest BCUT2D eigenvalue weighted by atomic mass is 10.1. The molecule has 0 fully saturated rings. The van der Waals surface area contributed by atoms with Gasteiger partial charge in [0.15, 0.2) is 0 Å². The number of hydrogen-bond acceptors (Lipinski definition) is 3. The third-order valence-electron chi connectivity index (χ3n) is 2.74. The molecule has 1 aromatic heterocycles. The van der Waals surface area contributed by atoms with E-state index in [2.05, 4.69) is 24.2 Å². The van der Waals surface area contributed by atoms with Gasteiger partial charge in [0.2, 0.25) is 0 Å². The molecule has 3 heteroatoms. The maximum Gasteiger partial charge on any atom is 0.137 e. The topological polar surface area (TPSA) is 46.3 Å². The molecule has 17 heavy (non-hydrogen) atoms. The number of aliphatic hydroxyl groups excluding tert-OH is 1. The normalized spacial score (nSPS) is 10.7. The van der Waals surface area contributed by atoms with Gasteiger partial charge in [0.25, 0.3) is 0 Å². The van der Waals surface area contributed by atoms with Crippen molar-refractivity contribution in [3.63, 3.8) is 0 Å². The smallest absolute Gasteiger partial charge is 0.137 e. The van der Waals surface area contributed by atoms with Crippen molar-refractivity contribution in [2.75, 3.05) is 6.61 Å². The average Bonchev–Trinajstić information content (AvgIpc) is 2.79. The molecule has 0 spiro atoms. The molecule has 0 aliphatic rings. The van der Waals surface area contributed by atoms with Crippen LogP contribution in [0, 0.1) is 6.92 Å². The Labute approximate surface area is 101 Å². The lowest BCUT2D eigenvalue weighted by Crippen LogP contribution is -1.86. The molecule has 0 radical (unpaired) electrons. The number of aryl methyl sites for hydroxylation is 2. The Morgan fingerprint density at radius 2 is 1.94 bits per heavy atom. The van der Waals surface area contributed by atoms with Crippen LogP contribution in [0.3, 0.4) is 0 Å². The van der Waals surface area contributed by atoms with E-state index in [1.54, 1.807) is 0 Å². The maximum absolute atomic E-state index is 8.71. The summed E-state index contributed by atoms with van der Waals surface area (Å²) in [5, 5.41) is 12.8. The van der Waals surface area contributed by atoms with Crippen LogP contribution in [0.5, 0.6) is 0 Å². The number of aromatic nitrogens is 1. The van der Waals surface area contributed by atoms with Crippen molar-refractivity contribution < 1.29 is 9.63 Å². The number of rotatable bonds is 5. The van der Waals surface area contributed by atoms with Crippen molar-refractivity contribution in [2.24, 2.45) is 0 Å². The molecule has 0 saturated carbocycles. The molecule has 0 aliphatic heterocycles. The molecule has 3 nitrogen and oxygen atoms in total. The minimum absolute atomic E-state index is 0.235. The van der Waals surface area contributed by atoms with Gasteiger partial charge in [-0.3, -0.25) is 0 Å². The highest BCUT2D eigenvalue weighted by atomic mass is 16.5. The minimum Gasteiger partial charge on any atom is -0.396 e. The second-order valence-electron chi connectivity index (χ2n) is 4.23. The van der Waals surface area contributed by atoms with Gasteiger partial charge >= 0.3 is 0 Å². The lowest BCUT2D eigenvalue weighted by Gasteiger charge is -1.95. The second kappa shape index (κ2) is 5.64. The molecule has 1 N–H and O–H groups in total. The number of hydrogen-bond donors (Lipinski definition) is 1. The summed E-state index contributed by atoms with van der Waals surface area (Å²) in [6.45, 7) is 2.30. The zero-order valence-electron chi connectivity index (χ0n) is 10.0. The van der Waals surface area contributed by atoms with Gasteiger partial charge in [-0.2, -0.15) is 0 Å². The molecule has 90 valence electrons. The average molecular weight is 231 g/mol. The van der Waals surface area contributed by atoms with Gasteiger partial charge in [-0.1, -0.05) is 35.0 Å². The molecule has 0 unspecified atom stereocenters. The number of benzene rings is 1. The van der Waals surface area contributed by atoms with Crippen LogP contribution >= 0.6 is 0 Å². The standard InChI is InChI=1S/C14H17NO2/c1-11-5-7-12(8-6-11)14-10-13(17-15-14)4-2-3-9-16/h5-8,10,16H,2-4,9H2,1H3. The Morgan fingerprint density at radius 1 is 1.18 bits per heavy atom. The van der Waals surface area contributed by atoms with Crippen LogP contribution in [0.2, 0.25) is 0 Å². The van der Waals surface area contributed by atoms with Crippen LogP contribution in [0.15, 0.2) is 34.9 Å². The maximum atomic E-state index is 8.71. The SMILES string of the molecule is Cc1ccc(-c2cc(CCCCO)on2)cc1. The number of aliphatic hydroxyl groups is 1. The van der Waals surface area contributed by atoms with Gasteiger partial charge in [-0.15, -0.1) is 0 Å². The molecule has 0 saturated heterocycles. The van der Waals surface area contributed by atoms with Crippen molar-refractivity contribution in [1.82, 2.24) is 5.16 Å². The van der Waals surface area contributed by atoms with Gasteiger partial charge in [0.05, 0.1) is 0 Å². The lowest BCUT2D eigenvalue weighted by molar-refractivity contribution is 0.281. The number of nitrogens with zero attached hydrogens (tertiary/aromatic N) is 1. The molecular weight excluding hydrogens is 214 g/mol. The third kappa shape index (κ3) is 3.17. The van der Waals surface area contributed by atoms with Crippen LogP contribution in [-0.4, -0.2) is 16.9 Å². The molecule has 0 aliphatic carbocycles. The summed E-state index contributed by atoms with van der Waals surface area (Å²) < 4.78 is 5.26. The summed E-state index contributed by atoms with van der Waals surface area (Å²) in [4.78, 5) is 0. The van der Waals surface area contributed by atoms with E-state index in [9.17, 15) is 0 Å². The molecule has 1 aromatic carbocycles. The van der Waals surface area contributed by atoms with Crippen molar-refractivity contribution in [2.45, 2.75) is 26.2 Å². The zero-order chi connectivity index (χ0) is 12.1. The second-order valence-corrected chi connectivity index (χ2v) is 4.23. The summed E-state index contributed by atoms with van der Waals surface area (Å²) in [6, 6.07) is 10.2. The van der Waals surface area contributed by atoms with E-state index >= 15 is 0 Å². The van der Waals surface area contributed by atoms with Gasteiger partial charge in [-0.25, -0.2) is 0 Å². The molecule has 0 bridgehead atoms. The van der Waals surface area contributed by atoms with Crippen LogP contribution in [0.25, 0.3) is 11.3 Å². The quantitative estimate of drug-likeness (QED) is 0.805. The van der Waals surface area contributed by atoms with Crippen molar-refractivity contribution in [3.8, 4) is 11.3 Å². The third-order valence-corrected chi connectivity index (χ3v) is 2.74. The fourth-order valence-corrected chi connectivity index (χ4v) is 1.70. The van der Waals surface area contributed by atoms with Crippen LogP contribution in [-0.2, 0) is 6.42 Å². The molecule has 0 amide bonds. The first-order valence-electron chi connectivity index (χ1n) is 5.93. The summed E-state index contributed by atoms with van der Waals surface area (Å²) in [5.74, 6) is 0.883. The van der Waals surface area contributed by atoms with E-state index in [0.717, 1.165) is 36.3 Å². The Morgan fingerprint density at radius 3 is 2.65 bits per heavy atom. The van der Waals surface area contributed by atoms with Crippen molar-refractivity contribution >= 4 is 0 Å². The highest BCUT2D eigenvalue weighted by Crippen LogP contribution is 2.20. The largest absolute Gasteiger partial charge is 0.396 e. The molecule has 2 aromatic rings. The molecule has 1 heterocycles. The summed E-state index contributed by atoms with van der Waals surface area (Å²) >= 11 is 0. The van der Waals surface area contributed by atoms with Gasteiger partial charge in [-0.05, 0) is 19.8 Å². The predicted molar refractivity (Wildman–Crippen MR) is 66.7 cm³/mol. The predicted octanol–water partition coefficient (Wildman–Crippen LogP) is 2.97. The van der Waals surface area contributed by atoms with Crippen LogP contribution in [0.1, 0.15) is 24.2 Å². The Bertz CT molecular complexity index is 459. The molecular formula is C14H17NO2. The van der Waals surface area contributed by atoms with Crippen molar-refractivity contribution in [1.29, 1.82) is 0 Å². The minimum atomic E-state index is 0.235. The van der Waals surface area contributed by atoms with E-state index in [1.165, 1.54) is 5.56 Å². The van der Waals surface area contributed by atoms with E-state index in [-0.39, 0.29) is 6.61 Å². The Hall–Kier alpha value is -1.61. The highest BCUT2D eigenvalue weighted by Gasteiger charge is 2.05.